The Morgan fingerprint density at radius 2 is 2.29 bits per heavy atom. The molecule has 0 fully saturated rings. The minimum absolute atomic E-state index is 0. The SMILES string of the molecule is COC(=O)[C@H](C)NC(=O)c1csc(CN)n1.Cl. The number of ether oxygens (including phenoxy) is 1. The van der Waals surface area contributed by atoms with Gasteiger partial charge in [0.15, 0.2) is 0 Å². The maximum absolute atomic E-state index is 11.6. The fraction of sp³-hybridized carbons (Fsp3) is 0.444. The highest BCUT2D eigenvalue weighted by molar-refractivity contribution is 7.09. The normalized spacial score (nSPS) is 11.2. The molecule has 0 saturated heterocycles. The lowest BCUT2D eigenvalue weighted by Crippen LogP contribution is -2.39. The average Bonchev–Trinajstić information content (AvgIpc) is 2.76. The van der Waals surface area contributed by atoms with Crippen molar-refractivity contribution in [2.24, 2.45) is 5.73 Å². The third-order valence-corrected chi connectivity index (χ3v) is 2.73. The number of aromatic nitrogens is 1. The molecular formula is C9H14ClN3O3S. The Kier molecular flexibility index (Phi) is 6.71. The van der Waals surface area contributed by atoms with Crippen LogP contribution in [0.25, 0.3) is 0 Å². The molecule has 1 heterocycles. The van der Waals surface area contributed by atoms with Gasteiger partial charge < -0.3 is 15.8 Å². The number of nitrogens with two attached hydrogens (primary N) is 1. The Bertz CT molecular complexity index is 397. The highest BCUT2D eigenvalue weighted by atomic mass is 35.5. The van der Waals surface area contributed by atoms with Crippen LogP contribution in [0.3, 0.4) is 0 Å². The lowest BCUT2D eigenvalue weighted by atomic mass is 10.3. The van der Waals surface area contributed by atoms with Crippen molar-refractivity contribution in [1.29, 1.82) is 0 Å². The Morgan fingerprint density at radius 1 is 1.65 bits per heavy atom. The number of halogens is 1. The van der Waals surface area contributed by atoms with Crippen molar-refractivity contribution in [2.75, 3.05) is 7.11 Å². The van der Waals surface area contributed by atoms with Crippen LogP contribution in [0.15, 0.2) is 5.38 Å². The van der Waals surface area contributed by atoms with Crippen LogP contribution in [0.4, 0.5) is 0 Å². The van der Waals surface area contributed by atoms with Gasteiger partial charge in [-0.1, -0.05) is 0 Å². The smallest absolute Gasteiger partial charge is 0.328 e. The maximum atomic E-state index is 11.6. The van der Waals surface area contributed by atoms with Gasteiger partial charge in [0.2, 0.25) is 0 Å². The summed E-state index contributed by atoms with van der Waals surface area (Å²) in [6.45, 7) is 1.84. The summed E-state index contributed by atoms with van der Waals surface area (Å²) in [7, 11) is 1.26. The van der Waals surface area contributed by atoms with Crippen LogP contribution >= 0.6 is 23.7 Å². The van der Waals surface area contributed by atoms with Gasteiger partial charge in [-0.3, -0.25) is 4.79 Å². The first-order chi connectivity index (χ1) is 7.58. The van der Waals surface area contributed by atoms with Crippen molar-refractivity contribution in [3.05, 3.63) is 16.1 Å². The molecule has 1 aromatic heterocycles. The summed E-state index contributed by atoms with van der Waals surface area (Å²) in [5.74, 6) is -0.906. The maximum Gasteiger partial charge on any atom is 0.328 e. The topological polar surface area (TPSA) is 94.3 Å². The lowest BCUT2D eigenvalue weighted by Gasteiger charge is -2.09. The highest BCUT2D eigenvalue weighted by Crippen LogP contribution is 2.08. The zero-order chi connectivity index (χ0) is 12.1. The van der Waals surface area contributed by atoms with Gasteiger partial charge in [-0.25, -0.2) is 9.78 Å². The summed E-state index contributed by atoms with van der Waals surface area (Å²) in [5, 5.41) is 4.75. The second-order valence-electron chi connectivity index (χ2n) is 3.05. The molecule has 96 valence electrons. The van der Waals surface area contributed by atoms with E-state index in [-0.39, 0.29) is 18.1 Å². The van der Waals surface area contributed by atoms with E-state index in [4.69, 9.17) is 5.73 Å². The molecule has 0 saturated carbocycles. The molecule has 0 aliphatic heterocycles. The summed E-state index contributed by atoms with van der Waals surface area (Å²) in [5.41, 5.74) is 5.64. The Labute approximate surface area is 109 Å². The van der Waals surface area contributed by atoms with E-state index in [9.17, 15) is 9.59 Å². The number of rotatable bonds is 4. The first-order valence-electron chi connectivity index (χ1n) is 4.61. The van der Waals surface area contributed by atoms with Crippen molar-refractivity contribution in [1.82, 2.24) is 10.3 Å². The van der Waals surface area contributed by atoms with Gasteiger partial charge in [0.1, 0.15) is 16.7 Å². The van der Waals surface area contributed by atoms with E-state index in [1.807, 2.05) is 0 Å². The first kappa shape index (κ1) is 15.8. The number of esters is 1. The zero-order valence-corrected chi connectivity index (χ0v) is 11.1. The van der Waals surface area contributed by atoms with Gasteiger partial charge in [-0.15, -0.1) is 23.7 Å². The second kappa shape index (κ2) is 7.21. The van der Waals surface area contributed by atoms with E-state index in [1.165, 1.54) is 18.4 Å². The molecule has 0 bridgehead atoms. The highest BCUT2D eigenvalue weighted by Gasteiger charge is 2.18. The number of hydrogen-bond acceptors (Lipinski definition) is 6. The van der Waals surface area contributed by atoms with Crippen LogP contribution in [-0.4, -0.2) is 30.0 Å². The van der Waals surface area contributed by atoms with E-state index in [1.54, 1.807) is 12.3 Å². The minimum atomic E-state index is -0.694. The summed E-state index contributed by atoms with van der Waals surface area (Å²) >= 11 is 1.31. The predicted octanol–water partition coefficient (Wildman–Crippen LogP) is 0.315. The molecule has 1 atom stereocenters. The fourth-order valence-electron chi connectivity index (χ4n) is 1.02. The van der Waals surface area contributed by atoms with Gasteiger partial charge >= 0.3 is 5.97 Å². The largest absolute Gasteiger partial charge is 0.467 e. The Balaban J connectivity index is 0.00000256. The van der Waals surface area contributed by atoms with Crippen molar-refractivity contribution in [3.8, 4) is 0 Å². The molecule has 3 N–H and O–H groups in total. The average molecular weight is 280 g/mol. The predicted molar refractivity (Wildman–Crippen MR) is 66.2 cm³/mol. The molecule has 1 rings (SSSR count). The van der Waals surface area contributed by atoms with Gasteiger partial charge in [0.05, 0.1) is 7.11 Å². The van der Waals surface area contributed by atoms with Crippen LogP contribution in [0.1, 0.15) is 22.4 Å². The monoisotopic (exact) mass is 279 g/mol. The molecule has 0 aromatic carbocycles. The van der Waals surface area contributed by atoms with Gasteiger partial charge in [-0.05, 0) is 6.92 Å². The molecule has 1 amide bonds. The minimum Gasteiger partial charge on any atom is -0.467 e. The Morgan fingerprint density at radius 3 is 2.76 bits per heavy atom. The zero-order valence-electron chi connectivity index (χ0n) is 9.43. The van der Waals surface area contributed by atoms with Crippen molar-refractivity contribution >= 4 is 35.6 Å². The van der Waals surface area contributed by atoms with Crippen LogP contribution in [0, 0.1) is 0 Å². The molecule has 0 radical (unpaired) electrons. The number of thiazole rings is 1. The molecule has 0 aliphatic rings. The number of hydrogen-bond donors (Lipinski definition) is 2. The molecule has 0 aliphatic carbocycles. The first-order valence-corrected chi connectivity index (χ1v) is 5.49. The number of amides is 1. The third kappa shape index (κ3) is 4.29. The van der Waals surface area contributed by atoms with Gasteiger partial charge in [0.25, 0.3) is 5.91 Å². The number of methoxy groups -OCH3 is 1. The summed E-state index contributed by atoms with van der Waals surface area (Å²) in [6, 6.07) is -0.694. The van der Waals surface area contributed by atoms with Crippen molar-refractivity contribution < 1.29 is 14.3 Å². The molecular weight excluding hydrogens is 266 g/mol. The second-order valence-corrected chi connectivity index (χ2v) is 3.99. The molecule has 17 heavy (non-hydrogen) atoms. The van der Waals surface area contributed by atoms with E-state index >= 15 is 0 Å². The van der Waals surface area contributed by atoms with E-state index in [2.05, 4.69) is 15.0 Å². The summed E-state index contributed by atoms with van der Waals surface area (Å²) < 4.78 is 4.48. The molecule has 0 spiro atoms. The lowest BCUT2D eigenvalue weighted by molar-refractivity contribution is -0.142. The number of carbonyl (C=O) groups is 2. The standard InChI is InChI=1S/C9H13N3O3S.ClH/c1-5(9(14)15-2)11-8(13)6-4-16-7(3-10)12-6;/h4-5H,3,10H2,1-2H3,(H,11,13);1H/t5-;/m0./s1. The van der Waals surface area contributed by atoms with Crippen molar-refractivity contribution in [2.45, 2.75) is 19.5 Å². The van der Waals surface area contributed by atoms with Crippen LogP contribution in [-0.2, 0) is 16.1 Å². The quantitative estimate of drug-likeness (QED) is 0.774. The summed E-state index contributed by atoms with van der Waals surface area (Å²) in [6.07, 6.45) is 0. The molecule has 0 unspecified atom stereocenters. The Hall–Kier alpha value is -1.18. The van der Waals surface area contributed by atoms with E-state index < -0.39 is 17.9 Å². The van der Waals surface area contributed by atoms with E-state index in [0.717, 1.165) is 0 Å². The fourth-order valence-corrected chi connectivity index (χ4v) is 1.67. The number of carbonyl (C=O) groups excluding carboxylic acids is 2. The van der Waals surface area contributed by atoms with Crippen LogP contribution < -0.4 is 11.1 Å². The van der Waals surface area contributed by atoms with Crippen LogP contribution in [0.2, 0.25) is 0 Å². The third-order valence-electron chi connectivity index (χ3n) is 1.86. The number of nitrogens with one attached hydrogen (secondary N) is 1. The van der Waals surface area contributed by atoms with Gasteiger partial charge in [-0.2, -0.15) is 0 Å². The molecule has 1 aromatic rings. The van der Waals surface area contributed by atoms with Gasteiger partial charge in [0, 0.05) is 11.9 Å². The summed E-state index contributed by atoms with van der Waals surface area (Å²) in [4.78, 5) is 26.7. The van der Waals surface area contributed by atoms with Crippen LogP contribution in [0.5, 0.6) is 0 Å². The number of nitrogens with zero attached hydrogens (tertiary/aromatic N) is 1. The molecule has 6 nitrogen and oxygen atoms in total. The molecule has 8 heteroatoms. The van der Waals surface area contributed by atoms with E-state index in [0.29, 0.717) is 11.6 Å². The van der Waals surface area contributed by atoms with Crippen molar-refractivity contribution in [3.63, 3.8) is 0 Å².